The van der Waals surface area contributed by atoms with Gasteiger partial charge in [0, 0.05) is 31.2 Å². The van der Waals surface area contributed by atoms with E-state index in [0.717, 1.165) is 63.7 Å². The van der Waals surface area contributed by atoms with Crippen molar-refractivity contribution in [3.05, 3.63) is 33.9 Å². The van der Waals surface area contributed by atoms with Crippen molar-refractivity contribution in [2.45, 2.75) is 62.9 Å². The van der Waals surface area contributed by atoms with E-state index in [1.165, 1.54) is 0 Å². The first-order chi connectivity index (χ1) is 12.8. The molecule has 0 amide bonds. The Hall–Kier alpha value is -1.87. The van der Waals surface area contributed by atoms with Gasteiger partial charge in [-0.05, 0) is 37.8 Å². The predicted octanol–water partition coefficient (Wildman–Crippen LogP) is 3.79. The molecular weight excluding hydrogens is 363 g/mol. The SMILES string of the molecule is O=[N+]([O-])c1cc(C(F)(F)F)ccc1NC1CCN(C2CCCCC2O)CC1. The zero-order valence-corrected chi connectivity index (χ0v) is 14.9. The number of piperidine rings is 1. The molecule has 1 aromatic carbocycles. The van der Waals surface area contributed by atoms with E-state index in [2.05, 4.69) is 10.2 Å². The van der Waals surface area contributed by atoms with Crippen LogP contribution in [-0.2, 0) is 6.18 Å². The maximum Gasteiger partial charge on any atom is 0.416 e. The maximum absolute atomic E-state index is 12.8. The lowest BCUT2D eigenvalue weighted by Crippen LogP contribution is -2.50. The lowest BCUT2D eigenvalue weighted by molar-refractivity contribution is -0.384. The molecule has 2 aliphatic rings. The molecule has 2 unspecified atom stereocenters. The molecular formula is C18H24F3N3O3. The molecule has 2 N–H and O–H groups in total. The maximum atomic E-state index is 12.8. The fourth-order valence-corrected chi connectivity index (χ4v) is 4.09. The topological polar surface area (TPSA) is 78.6 Å². The van der Waals surface area contributed by atoms with Crippen LogP contribution in [0.3, 0.4) is 0 Å². The number of aliphatic hydroxyl groups excluding tert-OH is 1. The van der Waals surface area contributed by atoms with Crippen LogP contribution in [0.4, 0.5) is 24.5 Å². The molecule has 0 aromatic heterocycles. The minimum Gasteiger partial charge on any atom is -0.391 e. The number of aliphatic hydroxyl groups is 1. The lowest BCUT2D eigenvalue weighted by Gasteiger charge is -2.41. The van der Waals surface area contributed by atoms with Crippen molar-refractivity contribution in [1.82, 2.24) is 4.90 Å². The largest absolute Gasteiger partial charge is 0.416 e. The van der Waals surface area contributed by atoms with Gasteiger partial charge in [0.2, 0.25) is 0 Å². The second-order valence-electron chi connectivity index (χ2n) is 7.36. The number of benzene rings is 1. The number of hydrogen-bond donors (Lipinski definition) is 2. The van der Waals surface area contributed by atoms with Crippen LogP contribution in [0.2, 0.25) is 0 Å². The predicted molar refractivity (Wildman–Crippen MR) is 94.6 cm³/mol. The fourth-order valence-electron chi connectivity index (χ4n) is 4.09. The summed E-state index contributed by atoms with van der Waals surface area (Å²) in [6.45, 7) is 1.52. The standard InChI is InChI=1S/C18H24F3N3O3/c19-18(20,21)12-5-6-14(16(11-12)24(26)27)22-13-7-9-23(10-8-13)15-3-1-2-4-17(15)25/h5-6,11,13,15,17,22,25H,1-4,7-10H2. The minimum absolute atomic E-state index is 0.0441. The van der Waals surface area contributed by atoms with Crippen molar-refractivity contribution < 1.29 is 23.2 Å². The second-order valence-corrected chi connectivity index (χ2v) is 7.36. The average Bonchev–Trinajstić information content (AvgIpc) is 2.62. The summed E-state index contributed by atoms with van der Waals surface area (Å²) in [6, 6.07) is 2.70. The summed E-state index contributed by atoms with van der Waals surface area (Å²) in [4.78, 5) is 12.7. The van der Waals surface area contributed by atoms with E-state index < -0.39 is 22.4 Å². The first-order valence-corrected chi connectivity index (χ1v) is 9.30. The van der Waals surface area contributed by atoms with E-state index >= 15 is 0 Å². The van der Waals surface area contributed by atoms with E-state index in [4.69, 9.17) is 0 Å². The summed E-state index contributed by atoms with van der Waals surface area (Å²) in [5, 5.41) is 24.4. The van der Waals surface area contributed by atoms with Gasteiger partial charge in [0.15, 0.2) is 0 Å². The summed E-state index contributed by atoms with van der Waals surface area (Å²) in [5.41, 5.74) is -1.47. The molecule has 2 atom stereocenters. The van der Waals surface area contributed by atoms with Crippen LogP contribution in [0.1, 0.15) is 44.1 Å². The van der Waals surface area contributed by atoms with Gasteiger partial charge in [-0.3, -0.25) is 15.0 Å². The number of rotatable bonds is 4. The molecule has 150 valence electrons. The molecule has 0 spiro atoms. The van der Waals surface area contributed by atoms with Crippen LogP contribution < -0.4 is 5.32 Å². The van der Waals surface area contributed by atoms with E-state index in [0.29, 0.717) is 6.07 Å². The van der Waals surface area contributed by atoms with Crippen LogP contribution in [0.25, 0.3) is 0 Å². The van der Waals surface area contributed by atoms with Crippen molar-refractivity contribution >= 4 is 11.4 Å². The summed E-state index contributed by atoms with van der Waals surface area (Å²) in [5.74, 6) is 0. The number of nitrogens with one attached hydrogen (secondary N) is 1. The minimum atomic E-state index is -4.62. The van der Waals surface area contributed by atoms with Gasteiger partial charge in [0.05, 0.1) is 16.6 Å². The van der Waals surface area contributed by atoms with Crippen LogP contribution in [0.5, 0.6) is 0 Å². The molecule has 0 radical (unpaired) electrons. The Morgan fingerprint density at radius 2 is 1.81 bits per heavy atom. The summed E-state index contributed by atoms with van der Waals surface area (Å²) in [7, 11) is 0. The third-order valence-corrected chi connectivity index (χ3v) is 5.57. The monoisotopic (exact) mass is 387 g/mol. The number of nitrogens with zero attached hydrogens (tertiary/aromatic N) is 2. The third kappa shape index (κ3) is 4.70. The Labute approximate surface area is 155 Å². The fraction of sp³-hybridized carbons (Fsp3) is 0.667. The van der Waals surface area contributed by atoms with Crippen LogP contribution in [0, 0.1) is 10.1 Å². The van der Waals surface area contributed by atoms with E-state index in [9.17, 15) is 28.4 Å². The first-order valence-electron chi connectivity index (χ1n) is 9.30. The van der Waals surface area contributed by atoms with E-state index in [-0.39, 0.29) is 23.9 Å². The molecule has 27 heavy (non-hydrogen) atoms. The first kappa shape index (κ1) is 19.9. The number of nitro benzene ring substituents is 1. The highest BCUT2D eigenvalue weighted by molar-refractivity contribution is 5.63. The molecule has 1 aliphatic carbocycles. The smallest absolute Gasteiger partial charge is 0.391 e. The number of anilines is 1. The molecule has 1 saturated heterocycles. The van der Waals surface area contributed by atoms with Crippen molar-refractivity contribution in [1.29, 1.82) is 0 Å². The molecule has 1 aliphatic heterocycles. The highest BCUT2D eigenvalue weighted by Crippen LogP contribution is 2.36. The number of nitro groups is 1. The number of likely N-dealkylation sites (tertiary alicyclic amines) is 1. The van der Waals surface area contributed by atoms with Gasteiger partial charge in [-0.1, -0.05) is 12.8 Å². The Morgan fingerprint density at radius 3 is 2.41 bits per heavy atom. The van der Waals surface area contributed by atoms with Gasteiger partial charge in [-0.25, -0.2) is 0 Å². The Bertz CT molecular complexity index is 676. The molecule has 9 heteroatoms. The van der Waals surface area contributed by atoms with Gasteiger partial charge in [0.1, 0.15) is 5.69 Å². The van der Waals surface area contributed by atoms with Crippen molar-refractivity contribution in [3.8, 4) is 0 Å². The van der Waals surface area contributed by atoms with Crippen LogP contribution in [-0.4, -0.2) is 46.2 Å². The highest BCUT2D eigenvalue weighted by Gasteiger charge is 2.34. The van der Waals surface area contributed by atoms with Gasteiger partial charge in [-0.2, -0.15) is 13.2 Å². The van der Waals surface area contributed by atoms with E-state index in [1.807, 2.05) is 0 Å². The average molecular weight is 387 g/mol. The zero-order valence-electron chi connectivity index (χ0n) is 14.9. The van der Waals surface area contributed by atoms with Crippen LogP contribution >= 0.6 is 0 Å². The molecule has 1 heterocycles. The summed E-state index contributed by atoms with van der Waals surface area (Å²) < 4.78 is 38.4. The zero-order chi connectivity index (χ0) is 19.6. The molecule has 1 saturated carbocycles. The normalized spacial score (nSPS) is 25.3. The van der Waals surface area contributed by atoms with Crippen molar-refractivity contribution in [3.63, 3.8) is 0 Å². The molecule has 6 nitrogen and oxygen atoms in total. The number of hydrogen-bond acceptors (Lipinski definition) is 5. The molecule has 1 aromatic rings. The van der Waals surface area contributed by atoms with Gasteiger partial charge in [-0.15, -0.1) is 0 Å². The van der Waals surface area contributed by atoms with Gasteiger partial charge < -0.3 is 10.4 Å². The Balaban J connectivity index is 1.64. The van der Waals surface area contributed by atoms with Gasteiger partial charge >= 0.3 is 6.18 Å². The van der Waals surface area contributed by atoms with Gasteiger partial charge in [0.25, 0.3) is 5.69 Å². The number of halogens is 3. The van der Waals surface area contributed by atoms with Crippen molar-refractivity contribution in [2.75, 3.05) is 18.4 Å². The molecule has 0 bridgehead atoms. The summed E-state index contributed by atoms with van der Waals surface area (Å²) >= 11 is 0. The molecule has 2 fully saturated rings. The Kier molecular flexibility index (Phi) is 5.90. The second kappa shape index (κ2) is 8.02. The third-order valence-electron chi connectivity index (χ3n) is 5.57. The van der Waals surface area contributed by atoms with E-state index in [1.54, 1.807) is 0 Å². The van der Waals surface area contributed by atoms with Crippen LogP contribution in [0.15, 0.2) is 18.2 Å². The number of alkyl halides is 3. The quantitative estimate of drug-likeness (QED) is 0.607. The Morgan fingerprint density at radius 1 is 1.15 bits per heavy atom. The van der Waals surface area contributed by atoms with Crippen molar-refractivity contribution in [2.24, 2.45) is 0 Å². The highest BCUT2D eigenvalue weighted by atomic mass is 19.4. The lowest BCUT2D eigenvalue weighted by atomic mass is 9.89. The summed E-state index contributed by atoms with van der Waals surface area (Å²) in [6.07, 6.45) is 0.479. The molecule has 3 rings (SSSR count).